The molecule has 0 radical (unpaired) electrons. The van der Waals surface area contributed by atoms with Crippen molar-refractivity contribution in [2.45, 2.75) is 25.3 Å². The molecule has 94 valence electrons. The van der Waals surface area contributed by atoms with Crippen LogP contribution in [0.2, 0.25) is 0 Å². The molecule has 2 N–H and O–H groups in total. The van der Waals surface area contributed by atoms with Crippen LogP contribution < -0.4 is 5.73 Å². The minimum absolute atomic E-state index is 0.0853. The Kier molecular flexibility index (Phi) is 3.94. The van der Waals surface area contributed by atoms with E-state index in [2.05, 4.69) is 0 Å². The second kappa shape index (κ2) is 5.46. The van der Waals surface area contributed by atoms with Crippen LogP contribution in [0.5, 0.6) is 0 Å². The van der Waals surface area contributed by atoms with Gasteiger partial charge in [-0.05, 0) is 30.4 Å². The third-order valence-electron chi connectivity index (χ3n) is 3.13. The van der Waals surface area contributed by atoms with Crippen molar-refractivity contribution in [1.82, 2.24) is 0 Å². The third kappa shape index (κ3) is 2.86. The van der Waals surface area contributed by atoms with E-state index in [4.69, 9.17) is 5.73 Å². The van der Waals surface area contributed by atoms with Crippen LogP contribution in [-0.2, 0) is 16.8 Å². The van der Waals surface area contributed by atoms with E-state index in [1.54, 1.807) is 18.3 Å². The SMILES string of the molecule is CC(N)(C(=O)CCc1cccs1)c1ccccc1. The fraction of sp³-hybridized carbons (Fsp3) is 0.267. The number of hydrogen-bond donors (Lipinski definition) is 1. The molecule has 0 amide bonds. The Hall–Kier alpha value is -1.45. The first-order valence-electron chi connectivity index (χ1n) is 6.01. The molecule has 0 saturated heterocycles. The highest BCUT2D eigenvalue weighted by Crippen LogP contribution is 2.21. The number of thiophene rings is 1. The van der Waals surface area contributed by atoms with Crippen molar-refractivity contribution in [3.63, 3.8) is 0 Å². The van der Waals surface area contributed by atoms with Crippen molar-refractivity contribution in [3.05, 3.63) is 58.3 Å². The van der Waals surface area contributed by atoms with E-state index in [0.717, 1.165) is 12.0 Å². The predicted octanol–water partition coefficient (Wildman–Crippen LogP) is 3.12. The van der Waals surface area contributed by atoms with E-state index >= 15 is 0 Å². The highest BCUT2D eigenvalue weighted by molar-refractivity contribution is 7.09. The van der Waals surface area contributed by atoms with Gasteiger partial charge in [0.2, 0.25) is 0 Å². The fourth-order valence-electron chi connectivity index (χ4n) is 1.90. The van der Waals surface area contributed by atoms with Crippen molar-refractivity contribution in [1.29, 1.82) is 0 Å². The van der Waals surface area contributed by atoms with Gasteiger partial charge in [-0.15, -0.1) is 11.3 Å². The largest absolute Gasteiger partial charge is 0.315 e. The molecule has 1 atom stereocenters. The molecular weight excluding hydrogens is 242 g/mol. The fourth-order valence-corrected chi connectivity index (χ4v) is 2.61. The number of carbonyl (C=O) groups excluding carboxylic acids is 1. The number of hydrogen-bond acceptors (Lipinski definition) is 3. The first-order valence-corrected chi connectivity index (χ1v) is 6.89. The predicted molar refractivity (Wildman–Crippen MR) is 75.6 cm³/mol. The monoisotopic (exact) mass is 259 g/mol. The highest BCUT2D eigenvalue weighted by atomic mass is 32.1. The average molecular weight is 259 g/mol. The second-order valence-electron chi connectivity index (χ2n) is 4.57. The molecule has 2 rings (SSSR count). The second-order valence-corrected chi connectivity index (χ2v) is 5.60. The minimum atomic E-state index is -0.890. The lowest BCUT2D eigenvalue weighted by atomic mass is 9.86. The summed E-state index contributed by atoms with van der Waals surface area (Å²) in [5.74, 6) is 0.0853. The van der Waals surface area contributed by atoms with Gasteiger partial charge in [0.05, 0.1) is 5.54 Å². The maximum Gasteiger partial charge on any atom is 0.157 e. The van der Waals surface area contributed by atoms with Crippen LogP contribution in [0.15, 0.2) is 47.8 Å². The number of aryl methyl sites for hydroxylation is 1. The minimum Gasteiger partial charge on any atom is -0.315 e. The first-order chi connectivity index (χ1) is 8.60. The van der Waals surface area contributed by atoms with Gasteiger partial charge < -0.3 is 5.73 Å². The Morgan fingerprint density at radius 1 is 1.22 bits per heavy atom. The normalized spacial score (nSPS) is 14.1. The molecule has 0 aliphatic carbocycles. The number of rotatable bonds is 5. The summed E-state index contributed by atoms with van der Waals surface area (Å²) in [6, 6.07) is 13.6. The standard InChI is InChI=1S/C15H17NOS/c1-15(16,12-6-3-2-4-7-12)14(17)10-9-13-8-5-11-18-13/h2-8,11H,9-10,16H2,1H3. The Morgan fingerprint density at radius 3 is 2.56 bits per heavy atom. The maximum absolute atomic E-state index is 12.2. The van der Waals surface area contributed by atoms with Gasteiger partial charge in [-0.25, -0.2) is 0 Å². The molecule has 1 aromatic heterocycles. The molecule has 1 heterocycles. The number of Topliss-reactive ketones (excluding diaryl/α,β-unsaturated/α-hetero) is 1. The lowest BCUT2D eigenvalue weighted by Crippen LogP contribution is -2.41. The van der Waals surface area contributed by atoms with Crippen LogP contribution in [0, 0.1) is 0 Å². The molecule has 18 heavy (non-hydrogen) atoms. The van der Waals surface area contributed by atoms with Gasteiger partial charge in [0, 0.05) is 11.3 Å². The zero-order chi connectivity index (χ0) is 13.0. The maximum atomic E-state index is 12.2. The van der Waals surface area contributed by atoms with Crippen molar-refractivity contribution < 1.29 is 4.79 Å². The van der Waals surface area contributed by atoms with Crippen LogP contribution in [0.25, 0.3) is 0 Å². The molecule has 2 aromatic rings. The summed E-state index contributed by atoms with van der Waals surface area (Å²) >= 11 is 1.68. The van der Waals surface area contributed by atoms with Gasteiger partial charge in [-0.1, -0.05) is 36.4 Å². The summed E-state index contributed by atoms with van der Waals surface area (Å²) in [5, 5.41) is 2.03. The average Bonchev–Trinajstić information content (AvgIpc) is 2.90. The lowest BCUT2D eigenvalue weighted by molar-refractivity contribution is -0.123. The van der Waals surface area contributed by atoms with E-state index in [1.807, 2.05) is 47.8 Å². The highest BCUT2D eigenvalue weighted by Gasteiger charge is 2.29. The van der Waals surface area contributed by atoms with E-state index < -0.39 is 5.54 Å². The summed E-state index contributed by atoms with van der Waals surface area (Å²) in [4.78, 5) is 13.5. The van der Waals surface area contributed by atoms with E-state index in [1.165, 1.54) is 4.88 Å². The summed E-state index contributed by atoms with van der Waals surface area (Å²) in [5.41, 5.74) is 6.16. The van der Waals surface area contributed by atoms with Gasteiger partial charge >= 0.3 is 0 Å². The Bertz CT molecular complexity index is 503. The Morgan fingerprint density at radius 2 is 1.94 bits per heavy atom. The van der Waals surface area contributed by atoms with Gasteiger partial charge in [0.1, 0.15) is 0 Å². The molecule has 1 unspecified atom stereocenters. The van der Waals surface area contributed by atoms with Gasteiger partial charge in [0.25, 0.3) is 0 Å². The third-order valence-corrected chi connectivity index (χ3v) is 4.07. The van der Waals surface area contributed by atoms with Crippen LogP contribution >= 0.6 is 11.3 Å². The van der Waals surface area contributed by atoms with E-state index in [0.29, 0.717) is 6.42 Å². The van der Waals surface area contributed by atoms with E-state index in [-0.39, 0.29) is 5.78 Å². The zero-order valence-corrected chi connectivity index (χ0v) is 11.2. The van der Waals surface area contributed by atoms with Gasteiger partial charge in [-0.2, -0.15) is 0 Å². The van der Waals surface area contributed by atoms with Crippen molar-refractivity contribution in [2.75, 3.05) is 0 Å². The molecule has 3 heteroatoms. The van der Waals surface area contributed by atoms with Crippen LogP contribution in [0.4, 0.5) is 0 Å². The number of benzene rings is 1. The number of carbonyl (C=O) groups is 1. The summed E-state index contributed by atoms with van der Waals surface area (Å²) < 4.78 is 0. The Balaban J connectivity index is 2.04. The van der Waals surface area contributed by atoms with Gasteiger partial charge in [-0.3, -0.25) is 4.79 Å². The quantitative estimate of drug-likeness (QED) is 0.896. The molecule has 0 saturated carbocycles. The van der Waals surface area contributed by atoms with Crippen LogP contribution in [-0.4, -0.2) is 5.78 Å². The number of nitrogens with two attached hydrogens (primary N) is 1. The molecule has 0 bridgehead atoms. The van der Waals surface area contributed by atoms with Crippen molar-refractivity contribution >= 4 is 17.1 Å². The first kappa shape index (κ1) is 13.0. The lowest BCUT2D eigenvalue weighted by Gasteiger charge is -2.23. The summed E-state index contributed by atoms with van der Waals surface area (Å²) in [6.45, 7) is 1.79. The summed E-state index contributed by atoms with van der Waals surface area (Å²) in [6.07, 6.45) is 1.26. The molecule has 0 aliphatic rings. The van der Waals surface area contributed by atoms with Crippen LogP contribution in [0.3, 0.4) is 0 Å². The Labute approximate surface area is 111 Å². The molecule has 0 aliphatic heterocycles. The smallest absolute Gasteiger partial charge is 0.157 e. The van der Waals surface area contributed by atoms with Gasteiger partial charge in [0.15, 0.2) is 5.78 Å². The molecule has 1 aromatic carbocycles. The van der Waals surface area contributed by atoms with Crippen molar-refractivity contribution in [2.24, 2.45) is 5.73 Å². The summed E-state index contributed by atoms with van der Waals surface area (Å²) in [7, 11) is 0. The molecular formula is C15H17NOS. The van der Waals surface area contributed by atoms with Crippen LogP contribution in [0.1, 0.15) is 23.8 Å². The zero-order valence-electron chi connectivity index (χ0n) is 10.4. The molecule has 2 nitrogen and oxygen atoms in total. The van der Waals surface area contributed by atoms with E-state index in [9.17, 15) is 4.79 Å². The molecule has 0 spiro atoms. The molecule has 0 fully saturated rings. The number of ketones is 1. The van der Waals surface area contributed by atoms with Crippen molar-refractivity contribution in [3.8, 4) is 0 Å². The topological polar surface area (TPSA) is 43.1 Å².